The second-order valence-electron chi connectivity index (χ2n) is 4.14. The molecule has 1 heterocycles. The quantitative estimate of drug-likeness (QED) is 0.659. The van der Waals surface area contributed by atoms with Gasteiger partial charge in [-0.3, -0.25) is 5.10 Å². The molecule has 2 aromatic rings. The van der Waals surface area contributed by atoms with Crippen LogP contribution in [0, 0.1) is 4.77 Å². The van der Waals surface area contributed by atoms with E-state index in [4.69, 9.17) is 17.0 Å². The first-order valence-corrected chi connectivity index (χ1v) is 7.40. The number of aromatic amines is 1. The molecule has 0 aliphatic rings. The highest BCUT2D eigenvalue weighted by molar-refractivity contribution is 9.10. The molecule has 0 atom stereocenters. The Kier molecular flexibility index (Phi) is 5.08. The smallest absolute Gasteiger partial charge is 0.216 e. The SMILES string of the molecule is CCCc1n[nH]c(=S)n1/N=C\c1cc(Br)ccc1OC. The first-order chi connectivity index (χ1) is 9.65. The van der Waals surface area contributed by atoms with E-state index in [9.17, 15) is 0 Å². The van der Waals surface area contributed by atoms with Gasteiger partial charge < -0.3 is 4.74 Å². The van der Waals surface area contributed by atoms with E-state index in [0.717, 1.165) is 34.5 Å². The fraction of sp³-hybridized carbons (Fsp3) is 0.308. The third-order valence-corrected chi connectivity index (χ3v) is 3.45. The van der Waals surface area contributed by atoms with Gasteiger partial charge in [0.15, 0.2) is 5.82 Å². The van der Waals surface area contributed by atoms with Crippen molar-refractivity contribution in [2.75, 3.05) is 7.11 Å². The van der Waals surface area contributed by atoms with E-state index < -0.39 is 0 Å². The van der Waals surface area contributed by atoms with Gasteiger partial charge in [-0.1, -0.05) is 22.9 Å². The number of aromatic nitrogens is 3. The van der Waals surface area contributed by atoms with Crippen LogP contribution in [0.2, 0.25) is 0 Å². The number of hydrogen-bond acceptors (Lipinski definition) is 4. The molecular formula is C13H15BrN4OS. The van der Waals surface area contributed by atoms with Crippen LogP contribution in [-0.4, -0.2) is 28.2 Å². The molecule has 5 nitrogen and oxygen atoms in total. The number of benzene rings is 1. The first kappa shape index (κ1) is 14.9. The minimum atomic E-state index is 0.485. The normalized spacial score (nSPS) is 11.2. The van der Waals surface area contributed by atoms with Gasteiger partial charge in [-0.15, -0.1) is 0 Å². The Balaban J connectivity index is 2.36. The molecule has 20 heavy (non-hydrogen) atoms. The third-order valence-electron chi connectivity index (χ3n) is 2.70. The minimum Gasteiger partial charge on any atom is -0.496 e. The van der Waals surface area contributed by atoms with Crippen molar-refractivity contribution in [2.45, 2.75) is 19.8 Å². The van der Waals surface area contributed by atoms with Gasteiger partial charge >= 0.3 is 0 Å². The maximum Gasteiger partial charge on any atom is 0.216 e. The van der Waals surface area contributed by atoms with Gasteiger partial charge in [-0.2, -0.15) is 14.9 Å². The molecule has 0 unspecified atom stereocenters. The monoisotopic (exact) mass is 354 g/mol. The lowest BCUT2D eigenvalue weighted by Gasteiger charge is -2.04. The molecule has 0 spiro atoms. The fourth-order valence-electron chi connectivity index (χ4n) is 1.75. The van der Waals surface area contributed by atoms with Gasteiger partial charge in [-0.25, -0.2) is 0 Å². The number of aryl methyl sites for hydroxylation is 1. The Morgan fingerprint density at radius 2 is 2.35 bits per heavy atom. The lowest BCUT2D eigenvalue weighted by molar-refractivity contribution is 0.414. The molecule has 0 saturated carbocycles. The lowest BCUT2D eigenvalue weighted by Crippen LogP contribution is -1.99. The van der Waals surface area contributed by atoms with Gasteiger partial charge in [0.05, 0.1) is 13.3 Å². The molecule has 0 bridgehead atoms. The standard InChI is InChI=1S/C13H15BrN4OS/c1-3-4-12-16-17-13(20)18(12)15-8-9-7-10(14)5-6-11(9)19-2/h5-8H,3-4H2,1-2H3,(H,17,20)/b15-8-. The lowest BCUT2D eigenvalue weighted by atomic mass is 10.2. The van der Waals surface area contributed by atoms with E-state index in [-0.39, 0.29) is 0 Å². The van der Waals surface area contributed by atoms with Gasteiger partial charge in [-0.05, 0) is 36.8 Å². The Hall–Kier alpha value is -1.47. The number of ether oxygens (including phenoxy) is 1. The summed E-state index contributed by atoms with van der Waals surface area (Å²) in [5, 5.41) is 11.3. The van der Waals surface area contributed by atoms with Crippen molar-refractivity contribution >= 4 is 34.4 Å². The molecule has 0 aliphatic carbocycles. The average molecular weight is 355 g/mol. The second-order valence-corrected chi connectivity index (χ2v) is 5.44. The summed E-state index contributed by atoms with van der Waals surface area (Å²) in [5.74, 6) is 1.58. The van der Waals surface area contributed by atoms with Crippen molar-refractivity contribution in [3.8, 4) is 5.75 Å². The minimum absolute atomic E-state index is 0.485. The number of rotatable bonds is 5. The summed E-state index contributed by atoms with van der Waals surface area (Å²) in [6.45, 7) is 2.09. The molecule has 0 amide bonds. The van der Waals surface area contributed by atoms with Crippen molar-refractivity contribution < 1.29 is 4.74 Å². The summed E-state index contributed by atoms with van der Waals surface area (Å²) < 4.78 is 8.39. The van der Waals surface area contributed by atoms with Crippen molar-refractivity contribution in [3.63, 3.8) is 0 Å². The maximum absolute atomic E-state index is 5.31. The fourth-order valence-corrected chi connectivity index (χ4v) is 2.33. The summed E-state index contributed by atoms with van der Waals surface area (Å²) in [5.41, 5.74) is 0.868. The van der Waals surface area contributed by atoms with Crippen LogP contribution in [0.3, 0.4) is 0 Å². The van der Waals surface area contributed by atoms with Gasteiger partial charge in [0.25, 0.3) is 0 Å². The van der Waals surface area contributed by atoms with Crippen LogP contribution in [0.4, 0.5) is 0 Å². The Labute approximate surface area is 130 Å². The van der Waals surface area contributed by atoms with Crippen LogP contribution in [0.5, 0.6) is 5.75 Å². The van der Waals surface area contributed by atoms with E-state index in [0.29, 0.717) is 4.77 Å². The van der Waals surface area contributed by atoms with E-state index in [1.54, 1.807) is 18.0 Å². The highest BCUT2D eigenvalue weighted by atomic mass is 79.9. The molecule has 1 aromatic carbocycles. The average Bonchev–Trinajstić information content (AvgIpc) is 2.78. The third kappa shape index (κ3) is 3.34. The summed E-state index contributed by atoms with van der Waals surface area (Å²) in [4.78, 5) is 0. The van der Waals surface area contributed by atoms with E-state index >= 15 is 0 Å². The number of nitrogens with zero attached hydrogens (tertiary/aromatic N) is 3. The van der Waals surface area contributed by atoms with Crippen LogP contribution in [-0.2, 0) is 6.42 Å². The molecule has 1 aromatic heterocycles. The van der Waals surface area contributed by atoms with E-state index in [2.05, 4.69) is 38.2 Å². The summed E-state index contributed by atoms with van der Waals surface area (Å²) in [7, 11) is 1.63. The van der Waals surface area contributed by atoms with Crippen LogP contribution in [0.1, 0.15) is 24.7 Å². The highest BCUT2D eigenvalue weighted by Crippen LogP contribution is 2.21. The molecule has 1 N–H and O–H groups in total. The molecule has 0 saturated heterocycles. The Morgan fingerprint density at radius 3 is 3.05 bits per heavy atom. The van der Waals surface area contributed by atoms with Gasteiger partial charge in [0, 0.05) is 16.5 Å². The van der Waals surface area contributed by atoms with E-state index in [1.807, 2.05) is 18.2 Å². The van der Waals surface area contributed by atoms with Crippen molar-refractivity contribution in [1.82, 2.24) is 14.9 Å². The maximum atomic E-state index is 5.31. The van der Waals surface area contributed by atoms with Crippen molar-refractivity contribution in [2.24, 2.45) is 5.10 Å². The Bertz CT molecular complexity index is 677. The van der Waals surface area contributed by atoms with Crippen LogP contribution in [0.25, 0.3) is 0 Å². The summed E-state index contributed by atoms with van der Waals surface area (Å²) in [6.07, 6.45) is 3.52. The number of halogens is 1. The predicted molar refractivity (Wildman–Crippen MR) is 85.1 cm³/mol. The van der Waals surface area contributed by atoms with Crippen LogP contribution >= 0.6 is 28.1 Å². The number of nitrogens with one attached hydrogen (secondary N) is 1. The van der Waals surface area contributed by atoms with Crippen LogP contribution < -0.4 is 4.74 Å². The topological polar surface area (TPSA) is 55.2 Å². The zero-order valence-electron chi connectivity index (χ0n) is 11.3. The number of H-pyrrole nitrogens is 1. The molecule has 0 fully saturated rings. The van der Waals surface area contributed by atoms with Gasteiger partial charge in [0.1, 0.15) is 5.75 Å². The second kappa shape index (κ2) is 6.81. The zero-order valence-corrected chi connectivity index (χ0v) is 13.7. The highest BCUT2D eigenvalue weighted by Gasteiger charge is 2.05. The first-order valence-electron chi connectivity index (χ1n) is 6.20. The molecule has 0 aliphatic heterocycles. The summed E-state index contributed by atoms with van der Waals surface area (Å²) in [6, 6.07) is 5.74. The Morgan fingerprint density at radius 1 is 1.55 bits per heavy atom. The number of methoxy groups -OCH3 is 1. The molecular weight excluding hydrogens is 340 g/mol. The van der Waals surface area contributed by atoms with Crippen LogP contribution in [0.15, 0.2) is 27.8 Å². The molecule has 106 valence electrons. The predicted octanol–water partition coefficient (Wildman–Crippen LogP) is 3.55. The van der Waals surface area contributed by atoms with Crippen molar-refractivity contribution in [3.05, 3.63) is 38.8 Å². The van der Waals surface area contributed by atoms with Crippen molar-refractivity contribution in [1.29, 1.82) is 0 Å². The molecule has 0 radical (unpaired) electrons. The van der Waals surface area contributed by atoms with Gasteiger partial charge in [0.2, 0.25) is 4.77 Å². The molecule has 7 heteroatoms. The molecule has 2 rings (SSSR count). The largest absolute Gasteiger partial charge is 0.496 e. The zero-order chi connectivity index (χ0) is 14.5. The van der Waals surface area contributed by atoms with E-state index in [1.165, 1.54) is 0 Å². The number of hydrogen-bond donors (Lipinski definition) is 1. The summed E-state index contributed by atoms with van der Waals surface area (Å²) >= 11 is 8.62.